The number of anilines is 1. The highest BCUT2D eigenvalue weighted by atomic mass is 35.5. The van der Waals surface area contributed by atoms with Crippen LogP contribution in [0.3, 0.4) is 0 Å². The number of aromatic nitrogens is 1. The van der Waals surface area contributed by atoms with E-state index in [9.17, 15) is 14.0 Å². The predicted octanol–water partition coefficient (Wildman–Crippen LogP) is 4.28. The fourth-order valence-electron chi connectivity index (χ4n) is 4.15. The number of hydrogen-bond donors (Lipinski definition) is 1. The van der Waals surface area contributed by atoms with Gasteiger partial charge in [-0.15, -0.1) is 0 Å². The Bertz CT molecular complexity index is 984. The molecular formula is C22H23Cl2FN4O3. The van der Waals surface area contributed by atoms with Crippen LogP contribution in [-0.4, -0.2) is 53.6 Å². The molecule has 0 unspecified atom stereocenters. The summed E-state index contributed by atoms with van der Waals surface area (Å²) in [6.07, 6.45) is 4.70. The number of rotatable bonds is 6. The second-order valence-electron chi connectivity index (χ2n) is 7.90. The summed E-state index contributed by atoms with van der Waals surface area (Å²) in [6, 6.07) is 7.64. The van der Waals surface area contributed by atoms with E-state index in [1.165, 1.54) is 18.3 Å². The lowest BCUT2D eigenvalue weighted by molar-refractivity contribution is -0.124. The van der Waals surface area contributed by atoms with Crippen molar-refractivity contribution in [3.63, 3.8) is 0 Å². The molecule has 2 aromatic rings. The van der Waals surface area contributed by atoms with E-state index in [1.54, 1.807) is 17.0 Å². The molecule has 1 aliphatic heterocycles. The molecule has 2 heterocycles. The monoisotopic (exact) mass is 480 g/mol. The first-order chi connectivity index (χ1) is 15.4. The number of nitrogens with one attached hydrogen (secondary N) is 1. The van der Waals surface area contributed by atoms with Crippen LogP contribution in [0.2, 0.25) is 10.0 Å². The largest absolute Gasteiger partial charge is 0.484 e. The molecule has 0 spiro atoms. The van der Waals surface area contributed by atoms with Crippen molar-refractivity contribution in [3.05, 3.63) is 52.4 Å². The van der Waals surface area contributed by atoms with Crippen molar-refractivity contribution in [2.24, 2.45) is 0 Å². The first kappa shape index (κ1) is 22.6. The Balaban J connectivity index is 1.22. The molecule has 1 N–H and O–H groups in total. The number of amides is 3. The van der Waals surface area contributed by atoms with Gasteiger partial charge in [0.05, 0.1) is 10.0 Å². The van der Waals surface area contributed by atoms with E-state index in [0.717, 1.165) is 31.7 Å². The topological polar surface area (TPSA) is 74.8 Å². The van der Waals surface area contributed by atoms with Crippen molar-refractivity contribution in [2.45, 2.75) is 37.8 Å². The third kappa shape index (κ3) is 5.24. The van der Waals surface area contributed by atoms with Gasteiger partial charge >= 0.3 is 6.03 Å². The lowest BCUT2D eigenvalue weighted by atomic mass is 9.90. The van der Waals surface area contributed by atoms with Gasteiger partial charge < -0.3 is 15.0 Å². The average molecular weight is 481 g/mol. The smallest absolute Gasteiger partial charge is 0.326 e. The average Bonchev–Trinajstić information content (AvgIpc) is 3.17. The summed E-state index contributed by atoms with van der Waals surface area (Å²) in [5, 5.41) is 3.49. The first-order valence-corrected chi connectivity index (χ1v) is 11.2. The number of halogens is 3. The normalized spacial score (nSPS) is 21.0. The highest BCUT2D eigenvalue weighted by Gasteiger charge is 2.37. The molecule has 1 aromatic carbocycles. The van der Waals surface area contributed by atoms with Crippen molar-refractivity contribution in [1.82, 2.24) is 15.2 Å². The predicted molar refractivity (Wildman–Crippen MR) is 120 cm³/mol. The molecule has 2 aliphatic rings. The zero-order valence-corrected chi connectivity index (χ0v) is 18.8. The Kier molecular flexibility index (Phi) is 7.01. The van der Waals surface area contributed by atoms with Crippen molar-refractivity contribution in [3.8, 4) is 5.75 Å². The lowest BCUT2D eigenvalue weighted by Crippen LogP contribution is -2.46. The fourth-order valence-corrected chi connectivity index (χ4v) is 4.38. The van der Waals surface area contributed by atoms with E-state index in [4.69, 9.17) is 27.9 Å². The Labute approximate surface area is 195 Å². The molecule has 0 atom stereocenters. The number of urea groups is 1. The zero-order valence-electron chi connectivity index (χ0n) is 17.3. The maximum absolute atomic E-state index is 13.5. The first-order valence-electron chi connectivity index (χ1n) is 10.5. The van der Waals surface area contributed by atoms with Crippen LogP contribution in [0.1, 0.15) is 25.7 Å². The standard InChI is InChI=1S/C22H23Cl2FN4O3/c23-14-1-8-20(26-12-14)29-10-9-28(22(29)31)16-4-2-15(3-5-16)27-21(30)13-32-17-6-7-18(24)19(25)11-17/h1,6-8,11-12,15-16H,2-5,9-10,13H2,(H,27,30)/t15-,16-. The number of carbonyl (C=O) groups is 2. The van der Waals surface area contributed by atoms with Gasteiger partial charge in [-0.3, -0.25) is 9.69 Å². The molecule has 10 heteroatoms. The fraction of sp³-hybridized carbons (Fsp3) is 0.409. The Morgan fingerprint density at radius 1 is 1.16 bits per heavy atom. The summed E-state index contributed by atoms with van der Waals surface area (Å²) >= 11 is 11.5. The van der Waals surface area contributed by atoms with Crippen LogP contribution >= 0.6 is 23.2 Å². The van der Waals surface area contributed by atoms with Gasteiger partial charge in [0, 0.05) is 37.4 Å². The minimum atomic E-state index is -0.593. The van der Waals surface area contributed by atoms with E-state index in [1.807, 2.05) is 4.90 Å². The number of ether oxygens (including phenoxy) is 1. The Morgan fingerprint density at radius 3 is 2.62 bits per heavy atom. The van der Waals surface area contributed by atoms with E-state index in [0.29, 0.717) is 23.9 Å². The number of hydrogen-bond acceptors (Lipinski definition) is 4. The Morgan fingerprint density at radius 2 is 1.94 bits per heavy atom. The number of benzene rings is 1. The third-order valence-corrected chi connectivity index (χ3v) is 6.32. The second-order valence-corrected chi connectivity index (χ2v) is 8.74. The van der Waals surface area contributed by atoms with Gasteiger partial charge in [0.15, 0.2) is 6.61 Å². The molecule has 0 bridgehead atoms. The lowest BCUT2D eigenvalue weighted by Gasteiger charge is -2.34. The van der Waals surface area contributed by atoms with Gasteiger partial charge in [-0.1, -0.05) is 23.2 Å². The number of nitrogens with zero attached hydrogens (tertiary/aromatic N) is 3. The molecule has 170 valence electrons. The van der Waals surface area contributed by atoms with Gasteiger partial charge in [0.2, 0.25) is 0 Å². The van der Waals surface area contributed by atoms with Crippen molar-refractivity contribution in [1.29, 1.82) is 0 Å². The Hall–Kier alpha value is -2.58. The number of pyridine rings is 1. The minimum Gasteiger partial charge on any atom is -0.484 e. The minimum absolute atomic E-state index is 0.00240. The third-order valence-electron chi connectivity index (χ3n) is 5.79. The summed E-state index contributed by atoms with van der Waals surface area (Å²) in [4.78, 5) is 32.9. The van der Waals surface area contributed by atoms with Crippen molar-refractivity contribution >= 4 is 41.0 Å². The highest BCUT2D eigenvalue weighted by molar-refractivity contribution is 6.30. The molecule has 1 aromatic heterocycles. The molecular weight excluding hydrogens is 458 g/mol. The SMILES string of the molecule is O=C(COc1ccc(Cl)c(F)c1)N[C@H]1CC[C@H](N2CCN(c3ccc(Cl)cn3)C2=O)CC1. The molecule has 1 saturated carbocycles. The van der Waals surface area contributed by atoms with E-state index in [2.05, 4.69) is 10.3 Å². The van der Waals surface area contributed by atoms with Crippen LogP contribution < -0.4 is 15.0 Å². The molecule has 32 heavy (non-hydrogen) atoms. The molecule has 7 nitrogen and oxygen atoms in total. The summed E-state index contributed by atoms with van der Waals surface area (Å²) in [6.45, 7) is 1.04. The maximum Gasteiger partial charge on any atom is 0.326 e. The van der Waals surface area contributed by atoms with Crippen LogP contribution in [0.15, 0.2) is 36.5 Å². The summed E-state index contributed by atoms with van der Waals surface area (Å²) in [7, 11) is 0. The van der Waals surface area contributed by atoms with Gasteiger partial charge in [0.25, 0.3) is 5.91 Å². The van der Waals surface area contributed by atoms with Crippen LogP contribution in [0.25, 0.3) is 0 Å². The van der Waals surface area contributed by atoms with Crippen LogP contribution in [0.4, 0.5) is 15.0 Å². The van der Waals surface area contributed by atoms with Crippen molar-refractivity contribution < 1.29 is 18.7 Å². The molecule has 0 radical (unpaired) electrons. The number of carbonyl (C=O) groups excluding carboxylic acids is 2. The van der Waals surface area contributed by atoms with Crippen LogP contribution in [-0.2, 0) is 4.79 Å². The van der Waals surface area contributed by atoms with E-state index >= 15 is 0 Å². The maximum atomic E-state index is 13.5. The van der Waals surface area contributed by atoms with Crippen LogP contribution in [0, 0.1) is 5.82 Å². The zero-order chi connectivity index (χ0) is 22.7. The van der Waals surface area contributed by atoms with Gasteiger partial charge in [-0.2, -0.15) is 0 Å². The van der Waals surface area contributed by atoms with Crippen molar-refractivity contribution in [2.75, 3.05) is 24.6 Å². The summed E-state index contributed by atoms with van der Waals surface area (Å²) in [5.41, 5.74) is 0. The van der Waals surface area contributed by atoms with Gasteiger partial charge in [-0.05, 0) is 49.9 Å². The van der Waals surface area contributed by atoms with Gasteiger partial charge in [0.1, 0.15) is 17.4 Å². The molecule has 1 saturated heterocycles. The molecule has 4 rings (SSSR count). The highest BCUT2D eigenvalue weighted by Crippen LogP contribution is 2.28. The quantitative estimate of drug-likeness (QED) is 0.669. The molecule has 3 amide bonds. The molecule has 1 aliphatic carbocycles. The van der Waals surface area contributed by atoms with E-state index in [-0.39, 0.29) is 41.4 Å². The summed E-state index contributed by atoms with van der Waals surface area (Å²) < 4.78 is 18.8. The second kappa shape index (κ2) is 9.92. The van der Waals surface area contributed by atoms with E-state index < -0.39 is 5.82 Å². The summed E-state index contributed by atoms with van der Waals surface area (Å²) in [5.74, 6) is -0.00716. The molecule has 2 fully saturated rings. The van der Waals surface area contributed by atoms with Gasteiger partial charge in [-0.25, -0.2) is 14.2 Å². The van der Waals surface area contributed by atoms with Crippen LogP contribution in [0.5, 0.6) is 5.75 Å².